The zero-order chi connectivity index (χ0) is 38.1. The number of aryl methyl sites for hydroxylation is 1. The number of aliphatic hydroxyl groups excluding tert-OH is 1. The average Bonchev–Trinajstić information content (AvgIpc) is 3.49. The molecule has 2 aromatic heterocycles. The van der Waals surface area contributed by atoms with Crippen LogP contribution in [-0.2, 0) is 36.7 Å². The fourth-order valence-electron chi connectivity index (χ4n) is 6.44. The maximum Gasteiger partial charge on any atom is 0.164 e. The molecule has 0 bridgehead atoms. The number of aliphatic hydroxyl groups is 1. The third kappa shape index (κ3) is 9.21. The molecule has 1 radical (unpaired) electrons. The molecule has 5 rings (SSSR count). The van der Waals surface area contributed by atoms with E-state index in [1.165, 1.54) is 42.2 Å². The number of rotatable bonds is 9. The second-order valence-electron chi connectivity index (χ2n) is 16.8. The first-order chi connectivity index (χ1) is 23.7. The molecule has 51 heavy (non-hydrogen) atoms. The monoisotopic (exact) mass is 884 g/mol. The van der Waals surface area contributed by atoms with Crippen molar-refractivity contribution < 1.29 is 31.4 Å². The number of ketones is 1. The van der Waals surface area contributed by atoms with Gasteiger partial charge in [0.25, 0.3) is 0 Å². The van der Waals surface area contributed by atoms with E-state index < -0.39 is 10.8 Å². The molecule has 0 unspecified atom stereocenters. The molecule has 0 spiro atoms. The number of fused-ring (bicyclic) bond motifs is 4. The average molecular weight is 884 g/mol. The molecule has 1 N–H and O–H groups in total. The number of carbonyl (C=O) groups is 1. The Balaban J connectivity index is 0.000000330. The molecule has 0 atom stereocenters. The van der Waals surface area contributed by atoms with Gasteiger partial charge in [0, 0.05) is 63.7 Å². The van der Waals surface area contributed by atoms with Crippen LogP contribution in [-0.4, -0.2) is 15.9 Å². The topological polar surface area (TPSA) is 50.2 Å². The zero-order valence-electron chi connectivity index (χ0n) is 34.3. The van der Waals surface area contributed by atoms with E-state index in [0.717, 1.165) is 35.9 Å². The third-order valence-corrected chi connectivity index (χ3v) is 12.3. The van der Waals surface area contributed by atoms with Crippen LogP contribution in [0.1, 0.15) is 127 Å². The first-order valence-electron chi connectivity index (χ1n) is 19.0. The summed E-state index contributed by atoms with van der Waals surface area (Å²) in [6.07, 6.45) is 5.86. The molecule has 5 aromatic rings. The summed E-state index contributed by atoms with van der Waals surface area (Å²) in [4.78, 5) is 17.2. The molecular formula is C46H60IrNO2S-. The van der Waals surface area contributed by atoms with Crippen molar-refractivity contribution in [2.75, 3.05) is 0 Å². The molecule has 0 aliphatic heterocycles. The Bertz CT molecular complexity index is 2070. The fourth-order valence-corrected chi connectivity index (χ4v) is 7.76. The summed E-state index contributed by atoms with van der Waals surface area (Å²) >= 11 is 1.89. The van der Waals surface area contributed by atoms with E-state index in [2.05, 4.69) is 103 Å². The molecule has 0 aliphatic rings. The number of carbonyl (C=O) groups excluding carboxylic acids is 1. The van der Waals surface area contributed by atoms with Crippen LogP contribution in [0.4, 0.5) is 0 Å². The van der Waals surface area contributed by atoms with Gasteiger partial charge >= 0.3 is 0 Å². The fraction of sp³-hybridized carbons (Fsp3) is 0.478. The first-order valence-corrected chi connectivity index (χ1v) is 19.3. The van der Waals surface area contributed by atoms with Gasteiger partial charge in [-0.2, -0.15) is 0 Å². The van der Waals surface area contributed by atoms with E-state index in [1.54, 1.807) is 0 Å². The number of aromatic nitrogens is 1. The summed E-state index contributed by atoms with van der Waals surface area (Å²) in [5, 5.41) is 15.3. The molecular weight excluding hydrogens is 823 g/mol. The Kier molecular flexibility index (Phi) is 13.2. The van der Waals surface area contributed by atoms with Crippen molar-refractivity contribution >= 4 is 48.1 Å². The number of thiophene rings is 1. The minimum absolute atomic E-state index is 0. The van der Waals surface area contributed by atoms with Gasteiger partial charge in [0.2, 0.25) is 0 Å². The summed E-state index contributed by atoms with van der Waals surface area (Å²) in [6, 6.07) is 21.2. The Morgan fingerprint density at radius 1 is 0.843 bits per heavy atom. The minimum Gasteiger partial charge on any atom is -0.512 e. The Hall–Kier alpha value is -2.85. The molecule has 0 amide bonds. The van der Waals surface area contributed by atoms with Crippen molar-refractivity contribution in [1.29, 1.82) is 0 Å². The van der Waals surface area contributed by atoms with Crippen LogP contribution in [0, 0.1) is 29.2 Å². The van der Waals surface area contributed by atoms with Crippen LogP contribution in [0.5, 0.6) is 0 Å². The summed E-state index contributed by atoms with van der Waals surface area (Å²) in [7, 11) is 0. The molecule has 277 valence electrons. The minimum atomic E-state index is -0.534. The van der Waals surface area contributed by atoms with Crippen LogP contribution in [0.2, 0.25) is 0 Å². The normalized spacial score (nSPS) is 13.4. The van der Waals surface area contributed by atoms with Crippen LogP contribution in [0.25, 0.3) is 42.2 Å². The summed E-state index contributed by atoms with van der Waals surface area (Å²) in [5.74, 6) is -0.288. The van der Waals surface area contributed by atoms with Gasteiger partial charge in [-0.05, 0) is 72.4 Å². The van der Waals surface area contributed by atoms with Crippen LogP contribution >= 0.6 is 11.3 Å². The van der Waals surface area contributed by atoms with E-state index in [-0.39, 0.29) is 48.5 Å². The van der Waals surface area contributed by atoms with Crippen molar-refractivity contribution in [3.63, 3.8) is 0 Å². The molecule has 2 heterocycles. The molecule has 3 nitrogen and oxygen atoms in total. The summed E-state index contributed by atoms with van der Waals surface area (Å²) in [5.41, 5.74) is 5.64. The van der Waals surface area contributed by atoms with Gasteiger partial charge in [-0.25, -0.2) is 0 Å². The Morgan fingerprint density at radius 2 is 1.43 bits per heavy atom. The number of benzene rings is 3. The maximum atomic E-state index is 12.3. The van der Waals surface area contributed by atoms with Crippen LogP contribution in [0.3, 0.4) is 0 Å². The smallest absolute Gasteiger partial charge is 0.164 e. The van der Waals surface area contributed by atoms with Crippen molar-refractivity contribution in [3.8, 4) is 11.3 Å². The van der Waals surface area contributed by atoms with Gasteiger partial charge in [-0.1, -0.05) is 124 Å². The Morgan fingerprint density at radius 3 is 2.00 bits per heavy atom. The van der Waals surface area contributed by atoms with Gasteiger partial charge in [-0.15, -0.1) is 40.5 Å². The quantitative estimate of drug-likeness (QED) is 0.0911. The molecule has 0 fully saturated rings. The standard InChI is InChI=1S/C31H32NS.C15H28O2.Ir/c1-19-21(18-30(2,3)4)12-13-24-25-14-15-32-27(29(25)33-28(19)24)22-16-20-10-8-9-11-23(20)26(17-22)31(5,6)7;1-7-14(5,8-2)12(16)11-13(17)15(6,9-3)10-4;/h8-15,17H,18H2,1-7H3;11,16H,7-10H2,1-6H3;/q-1;;/b;12-11-;/i;11D;. The van der Waals surface area contributed by atoms with Crippen molar-refractivity contribution in [1.82, 2.24) is 4.98 Å². The van der Waals surface area contributed by atoms with Crippen molar-refractivity contribution in [2.45, 2.75) is 128 Å². The van der Waals surface area contributed by atoms with Gasteiger partial charge in [0.15, 0.2) is 5.78 Å². The second kappa shape index (κ2) is 16.4. The van der Waals surface area contributed by atoms with E-state index in [9.17, 15) is 9.90 Å². The van der Waals surface area contributed by atoms with E-state index in [1.807, 2.05) is 59.1 Å². The summed E-state index contributed by atoms with van der Waals surface area (Å²) < 4.78 is 10.6. The predicted octanol–water partition coefficient (Wildman–Crippen LogP) is 13.9. The third-order valence-electron chi connectivity index (χ3n) is 10.9. The number of pyridine rings is 1. The largest absolute Gasteiger partial charge is 0.512 e. The molecule has 0 aliphatic carbocycles. The molecule has 5 heteroatoms. The van der Waals surface area contributed by atoms with Gasteiger partial charge in [0.1, 0.15) is 5.76 Å². The van der Waals surface area contributed by atoms with Gasteiger partial charge in [-0.3, -0.25) is 9.78 Å². The van der Waals surface area contributed by atoms with E-state index in [4.69, 9.17) is 6.35 Å². The van der Waals surface area contributed by atoms with Gasteiger partial charge in [0.05, 0.1) is 1.37 Å². The van der Waals surface area contributed by atoms with Gasteiger partial charge < -0.3 is 5.11 Å². The number of hydrogen-bond acceptors (Lipinski definition) is 4. The molecule has 0 saturated heterocycles. The summed E-state index contributed by atoms with van der Waals surface area (Å²) in [6.45, 7) is 27.7. The van der Waals surface area contributed by atoms with Crippen LogP contribution in [0.15, 0.2) is 66.5 Å². The number of nitrogens with zero attached hydrogens (tertiary/aromatic N) is 1. The van der Waals surface area contributed by atoms with Crippen molar-refractivity contribution in [3.05, 3.63) is 89.3 Å². The number of hydrogen-bond donors (Lipinski definition) is 1. The van der Waals surface area contributed by atoms with E-state index >= 15 is 0 Å². The van der Waals surface area contributed by atoms with Crippen LogP contribution < -0.4 is 0 Å². The first kappa shape index (κ1) is 40.9. The molecule has 0 saturated carbocycles. The Labute approximate surface area is 327 Å². The predicted molar refractivity (Wildman–Crippen MR) is 219 cm³/mol. The number of allylic oxidation sites excluding steroid dienone is 2. The zero-order valence-corrected chi connectivity index (χ0v) is 36.5. The van der Waals surface area contributed by atoms with Crippen molar-refractivity contribution in [2.24, 2.45) is 16.2 Å². The maximum absolute atomic E-state index is 12.3. The second-order valence-corrected chi connectivity index (χ2v) is 17.9. The molecule has 3 aromatic carbocycles. The SMILES string of the molecule is Cc1c(CC(C)(C)C)ccc2c1sc1c(-c3[c-]c4ccccc4c(C(C)(C)C)c3)nccc12.[2H]/C(C(=O)C(C)(CC)CC)=C(/O)C(C)(CC)CC.[Ir]. The van der Waals surface area contributed by atoms with E-state index in [0.29, 0.717) is 12.8 Å².